The van der Waals surface area contributed by atoms with E-state index in [9.17, 15) is 9.50 Å². The van der Waals surface area contributed by atoms with Crippen molar-refractivity contribution in [3.63, 3.8) is 0 Å². The van der Waals surface area contributed by atoms with Gasteiger partial charge in [-0.1, -0.05) is 25.3 Å². The number of anilines is 1. The quantitative estimate of drug-likeness (QED) is 0.876. The number of nitriles is 1. The van der Waals surface area contributed by atoms with E-state index in [4.69, 9.17) is 5.26 Å². The fourth-order valence-corrected chi connectivity index (χ4v) is 2.69. The maximum atomic E-state index is 13.4. The van der Waals surface area contributed by atoms with Gasteiger partial charge in [-0.3, -0.25) is 0 Å². The highest BCUT2D eigenvalue weighted by atomic mass is 19.1. The van der Waals surface area contributed by atoms with E-state index in [0.29, 0.717) is 18.2 Å². The summed E-state index contributed by atoms with van der Waals surface area (Å²) in [6.45, 7) is 0.364. The highest BCUT2D eigenvalue weighted by Crippen LogP contribution is 2.27. The summed E-state index contributed by atoms with van der Waals surface area (Å²) in [4.78, 5) is 0. The van der Waals surface area contributed by atoms with E-state index >= 15 is 0 Å². The fraction of sp³-hybridized carbons (Fsp3) is 0.533. The topological polar surface area (TPSA) is 56.0 Å². The van der Waals surface area contributed by atoms with E-state index in [1.165, 1.54) is 25.3 Å². The van der Waals surface area contributed by atoms with Gasteiger partial charge in [0.2, 0.25) is 0 Å². The standard InChI is InChI=1S/C15H19FN2O/c16-13-7-4-8-14(12(13)9-17)18-10-15(19)11-5-2-1-3-6-11/h4,7-8,11,15,18-19H,1-3,5-6,10H2. The zero-order chi connectivity index (χ0) is 13.7. The molecule has 1 aromatic rings. The molecule has 0 spiro atoms. The van der Waals surface area contributed by atoms with Crippen molar-refractivity contribution in [2.45, 2.75) is 38.2 Å². The number of benzene rings is 1. The molecule has 0 amide bonds. The summed E-state index contributed by atoms with van der Waals surface area (Å²) in [5.74, 6) is -0.208. The second-order valence-corrected chi connectivity index (χ2v) is 5.12. The van der Waals surface area contributed by atoms with Crippen LogP contribution in [-0.2, 0) is 0 Å². The maximum absolute atomic E-state index is 13.4. The zero-order valence-electron chi connectivity index (χ0n) is 10.9. The summed E-state index contributed by atoms with van der Waals surface area (Å²) in [5, 5.41) is 22.0. The van der Waals surface area contributed by atoms with Gasteiger partial charge in [-0.15, -0.1) is 0 Å². The monoisotopic (exact) mass is 262 g/mol. The van der Waals surface area contributed by atoms with Crippen LogP contribution in [-0.4, -0.2) is 17.8 Å². The van der Waals surface area contributed by atoms with Crippen molar-refractivity contribution >= 4 is 5.69 Å². The molecule has 0 bridgehead atoms. The third-order valence-electron chi connectivity index (χ3n) is 3.82. The Bertz CT molecular complexity index is 464. The first-order valence-electron chi connectivity index (χ1n) is 6.83. The summed E-state index contributed by atoms with van der Waals surface area (Å²) < 4.78 is 13.4. The average Bonchev–Trinajstić information content (AvgIpc) is 2.45. The van der Waals surface area contributed by atoms with Crippen molar-refractivity contribution < 1.29 is 9.50 Å². The van der Waals surface area contributed by atoms with E-state index in [2.05, 4.69) is 5.32 Å². The molecule has 1 unspecified atom stereocenters. The highest BCUT2D eigenvalue weighted by Gasteiger charge is 2.21. The second kappa shape index (κ2) is 6.53. The smallest absolute Gasteiger partial charge is 0.143 e. The number of nitrogens with one attached hydrogen (secondary N) is 1. The first-order valence-corrected chi connectivity index (χ1v) is 6.83. The van der Waals surface area contributed by atoms with E-state index in [1.54, 1.807) is 12.1 Å². The van der Waals surface area contributed by atoms with Gasteiger partial charge >= 0.3 is 0 Å². The fourth-order valence-electron chi connectivity index (χ4n) is 2.69. The van der Waals surface area contributed by atoms with Crippen molar-refractivity contribution in [1.82, 2.24) is 0 Å². The molecule has 2 N–H and O–H groups in total. The molecule has 1 fully saturated rings. The van der Waals surface area contributed by atoms with Gasteiger partial charge in [-0.2, -0.15) is 5.26 Å². The normalized spacial score (nSPS) is 17.7. The number of hydrogen-bond acceptors (Lipinski definition) is 3. The molecule has 1 aliphatic rings. The summed E-state index contributed by atoms with van der Waals surface area (Å²) >= 11 is 0. The third kappa shape index (κ3) is 3.45. The van der Waals surface area contributed by atoms with Crippen molar-refractivity contribution in [1.29, 1.82) is 5.26 Å². The SMILES string of the molecule is N#Cc1c(F)cccc1NCC(O)C1CCCCC1. The van der Waals surface area contributed by atoms with Crippen LogP contribution in [0.1, 0.15) is 37.7 Å². The molecule has 1 saturated carbocycles. The van der Waals surface area contributed by atoms with Gasteiger partial charge in [-0.25, -0.2) is 4.39 Å². The zero-order valence-corrected chi connectivity index (χ0v) is 10.9. The van der Waals surface area contributed by atoms with E-state index < -0.39 is 11.9 Å². The van der Waals surface area contributed by atoms with Crippen molar-refractivity contribution in [3.05, 3.63) is 29.6 Å². The Labute approximate surface area is 113 Å². The van der Waals surface area contributed by atoms with Crippen LogP contribution in [0, 0.1) is 23.1 Å². The van der Waals surface area contributed by atoms with Crippen LogP contribution in [0.15, 0.2) is 18.2 Å². The Hall–Kier alpha value is -1.60. The van der Waals surface area contributed by atoms with Gasteiger partial charge in [-0.05, 0) is 30.9 Å². The Morgan fingerprint density at radius 2 is 2.11 bits per heavy atom. The minimum absolute atomic E-state index is 0.0124. The van der Waals surface area contributed by atoms with Crippen LogP contribution >= 0.6 is 0 Å². The number of halogens is 1. The predicted molar refractivity (Wildman–Crippen MR) is 72.2 cm³/mol. The number of rotatable bonds is 4. The lowest BCUT2D eigenvalue weighted by Crippen LogP contribution is -2.30. The molecule has 1 aromatic carbocycles. The Kier molecular flexibility index (Phi) is 4.75. The number of aliphatic hydroxyl groups is 1. The van der Waals surface area contributed by atoms with Crippen LogP contribution in [0.4, 0.5) is 10.1 Å². The molecule has 0 aliphatic heterocycles. The van der Waals surface area contributed by atoms with E-state index in [0.717, 1.165) is 12.8 Å². The molecule has 2 rings (SSSR count). The number of hydrogen-bond donors (Lipinski definition) is 2. The third-order valence-corrected chi connectivity index (χ3v) is 3.82. The summed E-state index contributed by atoms with van der Waals surface area (Å²) in [7, 11) is 0. The van der Waals surface area contributed by atoms with Crippen LogP contribution in [0.2, 0.25) is 0 Å². The molecular formula is C15H19FN2O. The molecule has 1 aliphatic carbocycles. The first kappa shape index (κ1) is 13.8. The van der Waals surface area contributed by atoms with Crippen LogP contribution in [0.3, 0.4) is 0 Å². The summed E-state index contributed by atoms with van der Waals surface area (Å²) in [5.41, 5.74) is 0.468. The maximum Gasteiger partial charge on any atom is 0.143 e. The minimum Gasteiger partial charge on any atom is -0.391 e. The predicted octanol–water partition coefficient (Wildman–Crippen LogP) is 3.05. The Morgan fingerprint density at radius 1 is 1.37 bits per heavy atom. The van der Waals surface area contributed by atoms with E-state index in [-0.39, 0.29) is 5.56 Å². The molecule has 4 heteroatoms. The van der Waals surface area contributed by atoms with Crippen molar-refractivity contribution in [3.8, 4) is 6.07 Å². The van der Waals surface area contributed by atoms with Gasteiger partial charge in [0.1, 0.15) is 17.4 Å². The lowest BCUT2D eigenvalue weighted by atomic mass is 9.85. The average molecular weight is 262 g/mol. The summed E-state index contributed by atoms with van der Waals surface area (Å²) in [6.07, 6.45) is 5.26. The second-order valence-electron chi connectivity index (χ2n) is 5.12. The van der Waals surface area contributed by atoms with Crippen LogP contribution in [0.5, 0.6) is 0 Å². The molecule has 19 heavy (non-hydrogen) atoms. The molecule has 0 saturated heterocycles. The minimum atomic E-state index is -0.528. The summed E-state index contributed by atoms with van der Waals surface area (Å²) in [6, 6.07) is 6.34. The first-order chi connectivity index (χ1) is 9.22. The lowest BCUT2D eigenvalue weighted by molar-refractivity contribution is 0.0956. The van der Waals surface area contributed by atoms with Crippen LogP contribution in [0.25, 0.3) is 0 Å². The molecule has 0 heterocycles. The molecule has 0 radical (unpaired) electrons. The highest BCUT2D eigenvalue weighted by molar-refractivity contribution is 5.57. The molecule has 1 atom stereocenters. The number of aliphatic hydroxyl groups excluding tert-OH is 1. The van der Waals surface area contributed by atoms with Gasteiger partial charge in [0.05, 0.1) is 11.8 Å². The largest absolute Gasteiger partial charge is 0.391 e. The Morgan fingerprint density at radius 3 is 2.79 bits per heavy atom. The van der Waals surface area contributed by atoms with Gasteiger partial charge < -0.3 is 10.4 Å². The van der Waals surface area contributed by atoms with Crippen LogP contribution < -0.4 is 5.32 Å². The van der Waals surface area contributed by atoms with Gasteiger partial charge in [0.15, 0.2) is 0 Å². The van der Waals surface area contributed by atoms with Gasteiger partial charge in [0, 0.05) is 6.54 Å². The molecular weight excluding hydrogens is 243 g/mol. The molecule has 0 aromatic heterocycles. The van der Waals surface area contributed by atoms with Gasteiger partial charge in [0.25, 0.3) is 0 Å². The van der Waals surface area contributed by atoms with E-state index in [1.807, 2.05) is 6.07 Å². The Balaban J connectivity index is 1.95. The van der Waals surface area contributed by atoms with Crippen molar-refractivity contribution in [2.24, 2.45) is 5.92 Å². The number of nitrogens with zero attached hydrogens (tertiary/aromatic N) is 1. The molecule has 102 valence electrons. The molecule has 3 nitrogen and oxygen atoms in total. The lowest BCUT2D eigenvalue weighted by Gasteiger charge is -2.27. The van der Waals surface area contributed by atoms with Crippen molar-refractivity contribution in [2.75, 3.05) is 11.9 Å².